The molecule has 0 aliphatic carbocycles. The molecule has 0 spiro atoms. The standard InChI is InChI=1S/C21H25N5OS/c1-3-4-8-17-11-13-19(14-12-17)26-21(22-23-24-26)28-16-20(27)25(2)15-18-9-6-5-7-10-18/h5-7,9-14H,3-4,8,15-16H2,1-2H3. The molecule has 1 amide bonds. The van der Waals surface area contributed by atoms with Gasteiger partial charge in [-0.25, -0.2) is 0 Å². The summed E-state index contributed by atoms with van der Waals surface area (Å²) in [5.41, 5.74) is 3.32. The molecule has 0 saturated heterocycles. The number of unbranched alkanes of at least 4 members (excludes halogenated alkanes) is 1. The van der Waals surface area contributed by atoms with Crippen LogP contribution in [0.25, 0.3) is 5.69 Å². The van der Waals surface area contributed by atoms with Crippen LogP contribution in [-0.4, -0.2) is 43.8 Å². The highest BCUT2D eigenvalue weighted by Gasteiger charge is 2.14. The summed E-state index contributed by atoms with van der Waals surface area (Å²) in [6, 6.07) is 18.2. The van der Waals surface area contributed by atoms with Crippen molar-refractivity contribution in [2.24, 2.45) is 0 Å². The summed E-state index contributed by atoms with van der Waals surface area (Å²) < 4.78 is 1.68. The van der Waals surface area contributed by atoms with Crippen molar-refractivity contribution in [3.63, 3.8) is 0 Å². The topological polar surface area (TPSA) is 63.9 Å². The number of carbonyl (C=O) groups excluding carboxylic acids is 1. The van der Waals surface area contributed by atoms with Crippen LogP contribution in [0.2, 0.25) is 0 Å². The molecule has 0 aliphatic heterocycles. The van der Waals surface area contributed by atoms with Crippen molar-refractivity contribution in [1.29, 1.82) is 0 Å². The molecule has 7 heteroatoms. The number of benzene rings is 2. The van der Waals surface area contributed by atoms with E-state index < -0.39 is 0 Å². The third kappa shape index (κ3) is 5.42. The Morgan fingerprint density at radius 2 is 1.82 bits per heavy atom. The average Bonchev–Trinajstić information content (AvgIpc) is 3.20. The maximum atomic E-state index is 12.5. The predicted molar refractivity (Wildman–Crippen MR) is 111 cm³/mol. The van der Waals surface area contributed by atoms with E-state index in [9.17, 15) is 4.79 Å². The van der Waals surface area contributed by atoms with Crippen molar-refractivity contribution in [1.82, 2.24) is 25.1 Å². The zero-order valence-corrected chi connectivity index (χ0v) is 17.1. The molecule has 3 rings (SSSR count). The smallest absolute Gasteiger partial charge is 0.233 e. The molecular formula is C21H25N5OS. The van der Waals surface area contributed by atoms with Gasteiger partial charge in [-0.2, -0.15) is 4.68 Å². The number of tetrazole rings is 1. The van der Waals surface area contributed by atoms with Gasteiger partial charge in [-0.1, -0.05) is 67.6 Å². The van der Waals surface area contributed by atoms with Crippen LogP contribution in [0.4, 0.5) is 0 Å². The molecule has 1 aromatic heterocycles. The van der Waals surface area contributed by atoms with Gasteiger partial charge >= 0.3 is 0 Å². The van der Waals surface area contributed by atoms with Crippen LogP contribution in [-0.2, 0) is 17.8 Å². The van der Waals surface area contributed by atoms with Gasteiger partial charge in [0.05, 0.1) is 11.4 Å². The van der Waals surface area contributed by atoms with E-state index >= 15 is 0 Å². The summed E-state index contributed by atoms with van der Waals surface area (Å²) in [5, 5.41) is 12.5. The molecule has 0 N–H and O–H groups in total. The minimum Gasteiger partial charge on any atom is -0.341 e. The lowest BCUT2D eigenvalue weighted by Gasteiger charge is -2.16. The van der Waals surface area contributed by atoms with E-state index in [0.29, 0.717) is 11.7 Å². The van der Waals surface area contributed by atoms with Crippen LogP contribution in [0, 0.1) is 0 Å². The molecule has 0 unspecified atom stereocenters. The number of hydrogen-bond acceptors (Lipinski definition) is 5. The molecule has 1 heterocycles. The Balaban J connectivity index is 1.58. The van der Waals surface area contributed by atoms with E-state index in [1.54, 1.807) is 9.58 Å². The quantitative estimate of drug-likeness (QED) is 0.516. The fourth-order valence-electron chi connectivity index (χ4n) is 2.80. The van der Waals surface area contributed by atoms with E-state index in [1.807, 2.05) is 49.5 Å². The van der Waals surface area contributed by atoms with Crippen LogP contribution in [0.1, 0.15) is 30.9 Å². The van der Waals surface area contributed by atoms with Crippen LogP contribution < -0.4 is 0 Å². The number of carbonyl (C=O) groups is 1. The van der Waals surface area contributed by atoms with Crippen LogP contribution >= 0.6 is 11.8 Å². The molecule has 28 heavy (non-hydrogen) atoms. The van der Waals surface area contributed by atoms with Gasteiger partial charge in [-0.05, 0) is 46.5 Å². The Morgan fingerprint density at radius 3 is 2.54 bits per heavy atom. The Hall–Kier alpha value is -2.67. The molecule has 3 aromatic rings. The molecule has 0 radical (unpaired) electrons. The van der Waals surface area contributed by atoms with Crippen LogP contribution in [0.5, 0.6) is 0 Å². The van der Waals surface area contributed by atoms with Crippen molar-refractivity contribution in [3.8, 4) is 5.69 Å². The van der Waals surface area contributed by atoms with Crippen LogP contribution in [0.15, 0.2) is 59.8 Å². The number of nitrogens with zero attached hydrogens (tertiary/aromatic N) is 5. The van der Waals surface area contributed by atoms with Gasteiger partial charge in [0, 0.05) is 13.6 Å². The molecule has 0 aliphatic rings. The fourth-order valence-corrected chi connectivity index (χ4v) is 3.63. The van der Waals surface area contributed by atoms with Gasteiger partial charge < -0.3 is 4.90 Å². The molecule has 0 atom stereocenters. The average molecular weight is 396 g/mol. The number of amides is 1. The highest BCUT2D eigenvalue weighted by molar-refractivity contribution is 7.99. The largest absolute Gasteiger partial charge is 0.341 e. The number of aryl methyl sites for hydroxylation is 1. The summed E-state index contributed by atoms with van der Waals surface area (Å²) in [5.74, 6) is 0.330. The van der Waals surface area contributed by atoms with Gasteiger partial charge in [0.1, 0.15) is 0 Å². The minimum atomic E-state index is 0.0401. The van der Waals surface area contributed by atoms with Crippen molar-refractivity contribution < 1.29 is 4.79 Å². The van der Waals surface area contributed by atoms with Crippen molar-refractivity contribution >= 4 is 17.7 Å². The first-order valence-corrected chi connectivity index (χ1v) is 10.4. The van der Waals surface area contributed by atoms with Crippen LogP contribution in [0.3, 0.4) is 0 Å². The monoisotopic (exact) mass is 395 g/mol. The van der Waals surface area contributed by atoms with E-state index in [-0.39, 0.29) is 11.7 Å². The van der Waals surface area contributed by atoms with Gasteiger partial charge in [0.2, 0.25) is 11.1 Å². The molecule has 6 nitrogen and oxygen atoms in total. The molecular weight excluding hydrogens is 370 g/mol. The summed E-state index contributed by atoms with van der Waals surface area (Å²) in [7, 11) is 1.81. The van der Waals surface area contributed by atoms with Gasteiger partial charge in [0.15, 0.2) is 0 Å². The number of thioether (sulfide) groups is 1. The first-order valence-electron chi connectivity index (χ1n) is 9.45. The van der Waals surface area contributed by atoms with Crippen molar-refractivity contribution in [2.45, 2.75) is 37.9 Å². The predicted octanol–water partition coefficient (Wildman–Crippen LogP) is 3.76. The Labute approximate surface area is 169 Å². The molecule has 146 valence electrons. The van der Waals surface area contributed by atoms with Gasteiger partial charge in [-0.3, -0.25) is 4.79 Å². The van der Waals surface area contributed by atoms with E-state index in [4.69, 9.17) is 0 Å². The van der Waals surface area contributed by atoms with E-state index in [1.165, 1.54) is 30.2 Å². The summed E-state index contributed by atoms with van der Waals surface area (Å²) in [6.07, 6.45) is 3.45. The van der Waals surface area contributed by atoms with E-state index in [0.717, 1.165) is 17.7 Å². The summed E-state index contributed by atoms with van der Waals surface area (Å²) in [4.78, 5) is 14.2. The summed E-state index contributed by atoms with van der Waals surface area (Å²) in [6.45, 7) is 2.78. The first kappa shape index (κ1) is 20.1. The third-order valence-corrected chi connectivity index (χ3v) is 5.36. The molecule has 0 fully saturated rings. The number of rotatable bonds is 9. The molecule has 0 saturated carbocycles. The molecule has 0 bridgehead atoms. The second-order valence-electron chi connectivity index (χ2n) is 6.67. The zero-order chi connectivity index (χ0) is 19.8. The van der Waals surface area contributed by atoms with E-state index in [2.05, 4.69) is 34.6 Å². The maximum absolute atomic E-state index is 12.5. The molecule has 2 aromatic carbocycles. The minimum absolute atomic E-state index is 0.0401. The van der Waals surface area contributed by atoms with Crippen molar-refractivity contribution in [2.75, 3.05) is 12.8 Å². The van der Waals surface area contributed by atoms with Crippen molar-refractivity contribution in [3.05, 3.63) is 65.7 Å². The SMILES string of the molecule is CCCCc1ccc(-n2nnnc2SCC(=O)N(C)Cc2ccccc2)cc1. The summed E-state index contributed by atoms with van der Waals surface area (Å²) >= 11 is 1.35. The second-order valence-corrected chi connectivity index (χ2v) is 7.61. The highest BCUT2D eigenvalue weighted by Crippen LogP contribution is 2.19. The second kappa shape index (κ2) is 10.0. The lowest BCUT2D eigenvalue weighted by molar-refractivity contribution is -0.127. The normalized spacial score (nSPS) is 10.8. The first-order chi connectivity index (χ1) is 13.7. The fraction of sp³-hybridized carbons (Fsp3) is 0.333. The Kier molecular flexibility index (Phi) is 7.19. The lowest BCUT2D eigenvalue weighted by Crippen LogP contribution is -2.27. The lowest BCUT2D eigenvalue weighted by atomic mass is 10.1. The van der Waals surface area contributed by atoms with Gasteiger partial charge in [0.25, 0.3) is 0 Å². The Morgan fingerprint density at radius 1 is 1.07 bits per heavy atom. The maximum Gasteiger partial charge on any atom is 0.233 e. The third-order valence-electron chi connectivity index (χ3n) is 4.45. The zero-order valence-electron chi connectivity index (χ0n) is 16.3. The Bertz CT molecular complexity index is 879. The number of aromatic nitrogens is 4. The number of hydrogen-bond donors (Lipinski definition) is 0. The van der Waals surface area contributed by atoms with Gasteiger partial charge in [-0.15, -0.1) is 5.10 Å². The highest BCUT2D eigenvalue weighted by atomic mass is 32.2.